The van der Waals surface area contributed by atoms with Crippen molar-refractivity contribution in [3.63, 3.8) is 0 Å². The van der Waals surface area contributed by atoms with Gasteiger partial charge in [-0.2, -0.15) is 0 Å². The minimum Gasteiger partial charge on any atom is -0.508 e. The summed E-state index contributed by atoms with van der Waals surface area (Å²) in [5.74, 6) is 0.471. The Bertz CT molecular complexity index is 1590. The predicted molar refractivity (Wildman–Crippen MR) is 143 cm³/mol. The van der Waals surface area contributed by atoms with Gasteiger partial charge in [0.05, 0.1) is 0 Å². The van der Waals surface area contributed by atoms with Crippen LogP contribution in [-0.4, -0.2) is 20.2 Å². The number of aromatic nitrogens is 2. The number of phenolic OH excluding ortho intramolecular Hbond substituents is 2. The van der Waals surface area contributed by atoms with E-state index in [1.54, 1.807) is 12.1 Å². The number of nitrogens with one attached hydrogen (secondary N) is 2. The molecule has 0 saturated heterocycles. The molecule has 0 fully saturated rings. The number of aromatic hydroxyl groups is 2. The number of rotatable bonds is 4. The largest absolute Gasteiger partial charge is 0.508 e. The van der Waals surface area contributed by atoms with Gasteiger partial charge in [0, 0.05) is 44.3 Å². The van der Waals surface area contributed by atoms with E-state index in [2.05, 4.69) is 48.1 Å². The standard InChI is InChI=1S/C31H26N2O2/c1-18-24-7-3-5-9-28(24)32-30(18)26-16-22(34)13-11-20(26)15-21-12-14-23(35)17-27(21)31-19(2)25-8-4-6-10-29(25)33-31/h3-14,16-17,32-35H,15H2,1-2H3. The molecule has 6 aromatic rings. The number of benzene rings is 4. The Morgan fingerprint density at radius 1 is 0.571 bits per heavy atom. The van der Waals surface area contributed by atoms with Crippen LogP contribution in [0, 0.1) is 13.8 Å². The molecule has 0 radical (unpaired) electrons. The Kier molecular flexibility index (Phi) is 4.89. The summed E-state index contributed by atoms with van der Waals surface area (Å²) < 4.78 is 0. The van der Waals surface area contributed by atoms with Gasteiger partial charge in [-0.25, -0.2) is 0 Å². The van der Waals surface area contributed by atoms with E-state index in [-0.39, 0.29) is 11.5 Å². The van der Waals surface area contributed by atoms with Gasteiger partial charge in [0.2, 0.25) is 0 Å². The Morgan fingerprint density at radius 2 is 1.00 bits per heavy atom. The second-order valence-electron chi connectivity index (χ2n) is 9.20. The maximum atomic E-state index is 10.4. The molecule has 2 heterocycles. The molecule has 0 aliphatic rings. The molecule has 0 bridgehead atoms. The van der Waals surface area contributed by atoms with Crippen molar-refractivity contribution in [1.82, 2.24) is 9.97 Å². The van der Waals surface area contributed by atoms with Crippen LogP contribution in [0.3, 0.4) is 0 Å². The van der Waals surface area contributed by atoms with Crippen LogP contribution in [-0.2, 0) is 6.42 Å². The molecule has 4 aromatic carbocycles. The summed E-state index contributed by atoms with van der Waals surface area (Å²) >= 11 is 0. The third-order valence-electron chi connectivity index (χ3n) is 7.04. The van der Waals surface area contributed by atoms with Crippen LogP contribution in [0.15, 0.2) is 84.9 Å². The second-order valence-corrected chi connectivity index (χ2v) is 9.20. The zero-order chi connectivity index (χ0) is 24.1. The molecule has 4 nitrogen and oxygen atoms in total. The van der Waals surface area contributed by atoms with Gasteiger partial charge < -0.3 is 20.2 Å². The van der Waals surface area contributed by atoms with Crippen molar-refractivity contribution >= 4 is 21.8 Å². The fourth-order valence-corrected chi connectivity index (χ4v) is 5.21. The fourth-order valence-electron chi connectivity index (χ4n) is 5.21. The summed E-state index contributed by atoms with van der Waals surface area (Å²) in [6, 6.07) is 27.6. The van der Waals surface area contributed by atoms with Crippen molar-refractivity contribution < 1.29 is 10.2 Å². The summed E-state index contributed by atoms with van der Waals surface area (Å²) in [7, 11) is 0. The van der Waals surface area contributed by atoms with Gasteiger partial charge in [-0.1, -0.05) is 48.5 Å². The number of phenols is 2. The normalized spacial score (nSPS) is 11.5. The molecule has 6 rings (SSSR count). The highest BCUT2D eigenvalue weighted by atomic mass is 16.3. The van der Waals surface area contributed by atoms with Crippen LogP contribution in [0.4, 0.5) is 0 Å². The van der Waals surface area contributed by atoms with E-state index in [9.17, 15) is 10.2 Å². The molecule has 4 N–H and O–H groups in total. The molecule has 172 valence electrons. The van der Waals surface area contributed by atoms with Crippen molar-refractivity contribution in [1.29, 1.82) is 0 Å². The highest BCUT2D eigenvalue weighted by Gasteiger charge is 2.18. The number of hydrogen-bond donors (Lipinski definition) is 4. The second kappa shape index (κ2) is 8.10. The summed E-state index contributed by atoms with van der Waals surface area (Å²) in [6.07, 6.45) is 0.648. The third-order valence-corrected chi connectivity index (χ3v) is 7.04. The monoisotopic (exact) mass is 458 g/mol. The summed E-state index contributed by atoms with van der Waals surface area (Å²) in [6.45, 7) is 4.23. The Balaban J connectivity index is 1.51. The SMILES string of the molecule is Cc1c(-c2cc(O)ccc2Cc2ccc(O)cc2-c2[nH]c3ccccc3c2C)[nH]c2ccccc12. The average molecular weight is 459 g/mol. The smallest absolute Gasteiger partial charge is 0.116 e. The van der Waals surface area contributed by atoms with Crippen LogP contribution in [0.1, 0.15) is 22.3 Å². The van der Waals surface area contributed by atoms with Crippen molar-refractivity contribution in [2.75, 3.05) is 0 Å². The molecule has 0 atom stereocenters. The molecular weight excluding hydrogens is 432 g/mol. The van der Waals surface area contributed by atoms with Gasteiger partial charge in [0.1, 0.15) is 11.5 Å². The quantitative estimate of drug-likeness (QED) is 0.220. The zero-order valence-electron chi connectivity index (χ0n) is 19.7. The minimum absolute atomic E-state index is 0.235. The van der Waals surface area contributed by atoms with Crippen LogP contribution in [0.25, 0.3) is 44.3 Å². The first-order chi connectivity index (χ1) is 17.0. The summed E-state index contributed by atoms with van der Waals surface area (Å²) in [5, 5.41) is 23.1. The molecule has 0 unspecified atom stereocenters. The zero-order valence-corrected chi connectivity index (χ0v) is 19.7. The van der Waals surface area contributed by atoms with Crippen molar-refractivity contribution in [2.24, 2.45) is 0 Å². The van der Waals surface area contributed by atoms with Gasteiger partial charge >= 0.3 is 0 Å². The number of aryl methyl sites for hydroxylation is 2. The topological polar surface area (TPSA) is 72.0 Å². The first-order valence-electron chi connectivity index (χ1n) is 11.8. The lowest BCUT2D eigenvalue weighted by atomic mass is 9.92. The summed E-state index contributed by atoms with van der Waals surface area (Å²) in [4.78, 5) is 7.12. The minimum atomic E-state index is 0.235. The first-order valence-corrected chi connectivity index (χ1v) is 11.8. The predicted octanol–water partition coefficient (Wildman–Crippen LogP) is 7.60. The van der Waals surface area contributed by atoms with Gasteiger partial charge in [0.25, 0.3) is 0 Å². The van der Waals surface area contributed by atoms with Crippen molar-refractivity contribution in [2.45, 2.75) is 20.3 Å². The Morgan fingerprint density at radius 3 is 1.43 bits per heavy atom. The highest BCUT2D eigenvalue weighted by molar-refractivity contribution is 5.92. The maximum Gasteiger partial charge on any atom is 0.116 e. The first kappa shape index (κ1) is 21.1. The fraction of sp³-hybridized carbons (Fsp3) is 0.0968. The van der Waals surface area contributed by atoms with E-state index in [4.69, 9.17) is 0 Å². The lowest BCUT2D eigenvalue weighted by molar-refractivity contribution is 0.475. The van der Waals surface area contributed by atoms with E-state index >= 15 is 0 Å². The van der Waals surface area contributed by atoms with Crippen molar-refractivity contribution in [3.8, 4) is 34.0 Å². The molecule has 0 saturated carbocycles. The molecule has 0 amide bonds. The third kappa shape index (κ3) is 3.55. The van der Waals surface area contributed by atoms with Gasteiger partial charge in [0.15, 0.2) is 0 Å². The molecule has 35 heavy (non-hydrogen) atoms. The molecule has 0 aliphatic heterocycles. The number of hydrogen-bond acceptors (Lipinski definition) is 2. The number of aromatic amines is 2. The molecule has 0 aliphatic carbocycles. The van der Waals surface area contributed by atoms with Gasteiger partial charge in [-0.15, -0.1) is 0 Å². The maximum absolute atomic E-state index is 10.4. The molecule has 2 aromatic heterocycles. The van der Waals surface area contributed by atoms with Gasteiger partial charge in [-0.05, 0) is 78.9 Å². The van der Waals surface area contributed by atoms with Crippen LogP contribution >= 0.6 is 0 Å². The van der Waals surface area contributed by atoms with Crippen LogP contribution in [0.5, 0.6) is 11.5 Å². The van der Waals surface area contributed by atoms with Gasteiger partial charge in [-0.3, -0.25) is 0 Å². The molecular formula is C31H26N2O2. The van der Waals surface area contributed by atoms with Crippen LogP contribution < -0.4 is 0 Å². The summed E-state index contributed by atoms with van der Waals surface area (Å²) in [5.41, 5.74) is 10.6. The van der Waals surface area contributed by atoms with Crippen molar-refractivity contribution in [3.05, 3.63) is 107 Å². The highest BCUT2D eigenvalue weighted by Crippen LogP contribution is 2.38. The van der Waals surface area contributed by atoms with E-state index in [0.29, 0.717) is 6.42 Å². The number of para-hydroxylation sites is 2. The van der Waals surface area contributed by atoms with E-state index in [1.807, 2.05) is 48.5 Å². The van der Waals surface area contributed by atoms with Crippen LogP contribution in [0.2, 0.25) is 0 Å². The Hall–Kier alpha value is -4.44. The molecule has 0 spiro atoms. The lowest BCUT2D eigenvalue weighted by Gasteiger charge is -2.14. The average Bonchev–Trinajstić information content (AvgIpc) is 3.38. The Labute approximate surface area is 203 Å². The lowest BCUT2D eigenvalue weighted by Crippen LogP contribution is -1.97. The van der Waals surface area contributed by atoms with E-state index in [0.717, 1.165) is 55.8 Å². The van der Waals surface area contributed by atoms with E-state index in [1.165, 1.54) is 10.8 Å². The number of H-pyrrole nitrogens is 2. The van der Waals surface area contributed by atoms with E-state index < -0.39 is 0 Å². The number of fused-ring (bicyclic) bond motifs is 2. The molecule has 4 heteroatoms.